The zero-order chi connectivity index (χ0) is 25.9. The summed E-state index contributed by atoms with van der Waals surface area (Å²) in [4.78, 5) is 16.1. The number of hydrogen-bond donors (Lipinski definition) is 2. The molecule has 0 aromatic heterocycles. The number of carbonyl (C=O) groups is 1. The molecular weight excluding hydrogens is 458 g/mol. The van der Waals surface area contributed by atoms with E-state index in [1.807, 2.05) is 4.90 Å². The van der Waals surface area contributed by atoms with E-state index in [0.29, 0.717) is 38.4 Å². The van der Waals surface area contributed by atoms with Gasteiger partial charge in [-0.1, -0.05) is 20.8 Å². The van der Waals surface area contributed by atoms with Crippen LogP contribution in [0.25, 0.3) is 0 Å². The number of amides is 1. The predicted octanol–water partition coefficient (Wildman–Crippen LogP) is 2.83. The van der Waals surface area contributed by atoms with Crippen molar-refractivity contribution in [1.29, 1.82) is 0 Å². The molecule has 3 rings (SSSR count). The quantitative estimate of drug-likeness (QED) is 0.602. The third-order valence-electron chi connectivity index (χ3n) is 7.31. The van der Waals surface area contributed by atoms with Crippen molar-refractivity contribution in [3.63, 3.8) is 0 Å². The lowest BCUT2D eigenvalue weighted by Crippen LogP contribution is -2.54. The molecule has 2 N–H and O–H groups in total. The van der Waals surface area contributed by atoms with Gasteiger partial charge in [-0.2, -0.15) is 0 Å². The van der Waals surface area contributed by atoms with Crippen LogP contribution in [-0.2, 0) is 9.53 Å². The lowest BCUT2D eigenvalue weighted by atomic mass is 9.68. The summed E-state index contributed by atoms with van der Waals surface area (Å²) in [5, 5.41) is 22.9. The van der Waals surface area contributed by atoms with Crippen molar-refractivity contribution >= 4 is 5.91 Å². The van der Waals surface area contributed by atoms with E-state index in [4.69, 9.17) is 9.47 Å². The molecule has 0 spiro atoms. The van der Waals surface area contributed by atoms with Crippen molar-refractivity contribution in [3.05, 3.63) is 29.8 Å². The SMILES string of the molecule is COCC(=O)N1CCN(CC2(O)CCC(C(C)(C)C)CC2)C[C@](O)(COc2cc(F)cc(F)c2)C1. The number of nitrogens with zero attached hydrogens (tertiary/aromatic N) is 2. The van der Waals surface area contributed by atoms with Crippen LogP contribution < -0.4 is 4.74 Å². The molecule has 0 unspecified atom stereocenters. The summed E-state index contributed by atoms with van der Waals surface area (Å²) < 4.78 is 37.7. The molecule has 1 aliphatic carbocycles. The first-order chi connectivity index (χ1) is 16.3. The molecule has 1 amide bonds. The molecule has 198 valence electrons. The normalized spacial score (nSPS) is 28.6. The van der Waals surface area contributed by atoms with E-state index in [1.54, 1.807) is 0 Å². The highest BCUT2D eigenvalue weighted by Crippen LogP contribution is 2.41. The number of β-amino-alcohol motifs (C(OH)–C–C–N with tert-alkyl or cyclic N) is 2. The monoisotopic (exact) mass is 498 g/mol. The van der Waals surface area contributed by atoms with E-state index in [2.05, 4.69) is 20.8 Å². The Morgan fingerprint density at radius 2 is 1.69 bits per heavy atom. The van der Waals surface area contributed by atoms with E-state index in [0.717, 1.165) is 31.0 Å². The Labute approximate surface area is 207 Å². The van der Waals surface area contributed by atoms with Gasteiger partial charge in [-0.25, -0.2) is 8.78 Å². The number of hydrogen-bond acceptors (Lipinski definition) is 6. The summed E-state index contributed by atoms with van der Waals surface area (Å²) >= 11 is 0. The van der Waals surface area contributed by atoms with Gasteiger partial charge in [0.2, 0.25) is 5.91 Å². The van der Waals surface area contributed by atoms with Crippen molar-refractivity contribution < 1.29 is 33.3 Å². The first-order valence-corrected chi connectivity index (χ1v) is 12.3. The zero-order valence-electron chi connectivity index (χ0n) is 21.4. The molecule has 0 bridgehead atoms. The summed E-state index contributed by atoms with van der Waals surface area (Å²) in [5.74, 6) is -1.32. The molecule has 1 saturated heterocycles. The van der Waals surface area contributed by atoms with E-state index in [1.165, 1.54) is 12.0 Å². The Morgan fingerprint density at radius 1 is 1.06 bits per heavy atom. The maximum atomic E-state index is 13.6. The van der Waals surface area contributed by atoms with Gasteiger partial charge in [0.05, 0.1) is 12.1 Å². The second-order valence-corrected chi connectivity index (χ2v) is 11.4. The fraction of sp³-hybridized carbons (Fsp3) is 0.731. The largest absolute Gasteiger partial charge is 0.490 e. The fourth-order valence-electron chi connectivity index (χ4n) is 5.32. The minimum atomic E-state index is -1.51. The highest BCUT2D eigenvalue weighted by Gasteiger charge is 2.42. The minimum Gasteiger partial charge on any atom is -0.490 e. The molecule has 7 nitrogen and oxygen atoms in total. The summed E-state index contributed by atoms with van der Waals surface area (Å²) in [7, 11) is 1.43. The molecule has 0 radical (unpaired) electrons. The van der Waals surface area contributed by atoms with Gasteiger partial charge in [0.1, 0.15) is 36.2 Å². The smallest absolute Gasteiger partial charge is 0.248 e. The van der Waals surface area contributed by atoms with Gasteiger partial charge in [-0.05, 0) is 37.0 Å². The first-order valence-electron chi connectivity index (χ1n) is 12.3. The fourth-order valence-corrected chi connectivity index (χ4v) is 5.32. The molecule has 1 saturated carbocycles. The van der Waals surface area contributed by atoms with Gasteiger partial charge < -0.3 is 24.6 Å². The van der Waals surface area contributed by atoms with E-state index < -0.39 is 22.8 Å². The van der Waals surface area contributed by atoms with Crippen LogP contribution in [0, 0.1) is 23.0 Å². The predicted molar refractivity (Wildman–Crippen MR) is 128 cm³/mol. The minimum absolute atomic E-state index is 0.0198. The molecule has 2 aliphatic rings. The maximum absolute atomic E-state index is 13.6. The molecule has 1 atom stereocenters. The molecule has 1 aromatic rings. The average molecular weight is 499 g/mol. The number of carbonyl (C=O) groups excluding carboxylic acids is 1. The van der Waals surface area contributed by atoms with Crippen molar-refractivity contribution in [1.82, 2.24) is 9.80 Å². The summed E-state index contributed by atoms with van der Waals surface area (Å²) in [6.45, 7) is 7.62. The molecule has 35 heavy (non-hydrogen) atoms. The maximum Gasteiger partial charge on any atom is 0.248 e. The highest BCUT2D eigenvalue weighted by atomic mass is 19.1. The second-order valence-electron chi connectivity index (χ2n) is 11.4. The molecule has 1 aliphatic heterocycles. The second kappa shape index (κ2) is 11.1. The summed E-state index contributed by atoms with van der Waals surface area (Å²) in [6, 6.07) is 2.84. The first kappa shape index (κ1) is 27.8. The Kier molecular flexibility index (Phi) is 8.78. The van der Waals surface area contributed by atoms with Gasteiger partial charge in [0.15, 0.2) is 0 Å². The van der Waals surface area contributed by atoms with Crippen LogP contribution in [0.3, 0.4) is 0 Å². The van der Waals surface area contributed by atoms with Crippen molar-refractivity contribution in [2.45, 2.75) is 57.7 Å². The van der Waals surface area contributed by atoms with Crippen molar-refractivity contribution in [3.8, 4) is 5.75 Å². The van der Waals surface area contributed by atoms with Gasteiger partial charge in [-0.3, -0.25) is 9.69 Å². The van der Waals surface area contributed by atoms with Crippen LogP contribution in [0.15, 0.2) is 18.2 Å². The van der Waals surface area contributed by atoms with Crippen LogP contribution in [0.4, 0.5) is 8.78 Å². The zero-order valence-corrected chi connectivity index (χ0v) is 21.4. The van der Waals surface area contributed by atoms with Gasteiger partial charge in [0.25, 0.3) is 0 Å². The highest BCUT2D eigenvalue weighted by molar-refractivity contribution is 5.77. The van der Waals surface area contributed by atoms with Gasteiger partial charge in [0, 0.05) is 51.5 Å². The van der Waals surface area contributed by atoms with E-state index in [9.17, 15) is 23.8 Å². The number of ether oxygens (including phenoxy) is 2. The van der Waals surface area contributed by atoms with E-state index >= 15 is 0 Å². The Balaban J connectivity index is 1.72. The van der Waals surface area contributed by atoms with Crippen LogP contribution >= 0.6 is 0 Å². The molecule has 1 heterocycles. The van der Waals surface area contributed by atoms with E-state index in [-0.39, 0.29) is 43.4 Å². The number of methoxy groups -OCH3 is 1. The molecule has 2 fully saturated rings. The Bertz CT molecular complexity index is 850. The Hall–Kier alpha value is -1.81. The number of halogens is 2. The third-order valence-corrected chi connectivity index (χ3v) is 7.31. The summed E-state index contributed by atoms with van der Waals surface area (Å²) in [6.07, 6.45) is 3.22. The molecular formula is C26H40F2N2O5. The number of benzene rings is 1. The standard InChI is InChI=1S/C26H40F2N2O5/c1-24(2,3)19-5-7-25(32,8-6-19)15-29-9-10-30(23(31)14-34-4)17-26(33,16-29)18-35-22-12-20(27)11-21(28)13-22/h11-13,19,32-33H,5-10,14-18H2,1-4H3/t19?,25?,26-/m1/s1. The topological polar surface area (TPSA) is 82.5 Å². The van der Waals surface area contributed by atoms with Crippen molar-refractivity contribution in [2.75, 3.05) is 53.0 Å². The molecule has 1 aromatic carbocycles. The number of rotatable bonds is 7. The van der Waals surface area contributed by atoms with Crippen LogP contribution in [0.2, 0.25) is 0 Å². The Morgan fingerprint density at radius 3 is 2.26 bits per heavy atom. The molecule has 9 heteroatoms. The van der Waals surface area contributed by atoms with Crippen LogP contribution in [-0.4, -0.2) is 90.2 Å². The lowest BCUT2D eigenvalue weighted by Gasteiger charge is -2.43. The average Bonchev–Trinajstić information content (AvgIpc) is 2.90. The van der Waals surface area contributed by atoms with Crippen LogP contribution in [0.1, 0.15) is 46.5 Å². The third kappa shape index (κ3) is 7.84. The lowest BCUT2D eigenvalue weighted by molar-refractivity contribution is -0.138. The van der Waals surface area contributed by atoms with Gasteiger partial charge >= 0.3 is 0 Å². The van der Waals surface area contributed by atoms with Crippen LogP contribution in [0.5, 0.6) is 5.75 Å². The van der Waals surface area contributed by atoms with Gasteiger partial charge in [-0.15, -0.1) is 0 Å². The van der Waals surface area contributed by atoms with Crippen molar-refractivity contribution in [2.24, 2.45) is 11.3 Å². The summed E-state index contributed by atoms with van der Waals surface area (Å²) in [5.41, 5.74) is -2.19. The number of aliphatic hydroxyl groups is 2.